The van der Waals surface area contributed by atoms with Crippen molar-refractivity contribution in [3.63, 3.8) is 0 Å². The number of nitrogens with one attached hydrogen (secondary N) is 3. The first kappa shape index (κ1) is 27.5. The number of hydrogen-bond donors (Lipinski definition) is 8. The lowest BCUT2D eigenvalue weighted by Gasteiger charge is -2.26. The highest BCUT2D eigenvalue weighted by atomic mass is 16.4. The molecule has 0 saturated heterocycles. The summed E-state index contributed by atoms with van der Waals surface area (Å²) >= 11 is 0. The Hall–Kier alpha value is -3.55. The Morgan fingerprint density at radius 3 is 1.97 bits per heavy atom. The average molecular weight is 468 g/mol. The molecule has 5 unspecified atom stereocenters. The lowest BCUT2D eigenvalue weighted by atomic mass is 10.0. The first-order chi connectivity index (χ1) is 15.5. The smallest absolute Gasteiger partial charge is 0.328 e. The molecule has 33 heavy (non-hydrogen) atoms. The molecule has 13 heteroatoms. The van der Waals surface area contributed by atoms with E-state index >= 15 is 0 Å². The van der Waals surface area contributed by atoms with E-state index in [2.05, 4.69) is 10.6 Å². The second-order valence-electron chi connectivity index (χ2n) is 7.26. The SMILES string of the molecule is CC(O)C(NC(=O)C(Cc1ccccc1)NC(=O)C(N)CC(=O)O)C(=O)NC(CO)C(=O)O. The molecule has 0 aliphatic rings. The fourth-order valence-electron chi connectivity index (χ4n) is 2.72. The third-order valence-electron chi connectivity index (χ3n) is 4.51. The van der Waals surface area contributed by atoms with Crippen LogP contribution >= 0.6 is 0 Å². The second kappa shape index (κ2) is 13.1. The molecule has 0 aliphatic heterocycles. The van der Waals surface area contributed by atoms with E-state index in [0.717, 1.165) is 0 Å². The van der Waals surface area contributed by atoms with Gasteiger partial charge in [-0.1, -0.05) is 30.3 Å². The zero-order valence-corrected chi connectivity index (χ0v) is 17.8. The molecule has 0 aromatic heterocycles. The molecule has 5 atom stereocenters. The number of carboxylic acid groups (broad SMARTS) is 2. The van der Waals surface area contributed by atoms with Gasteiger partial charge in [-0.3, -0.25) is 19.2 Å². The summed E-state index contributed by atoms with van der Waals surface area (Å²) in [7, 11) is 0. The van der Waals surface area contributed by atoms with E-state index in [1.54, 1.807) is 30.3 Å². The molecule has 1 aromatic rings. The molecule has 9 N–H and O–H groups in total. The molecule has 182 valence electrons. The largest absolute Gasteiger partial charge is 0.481 e. The van der Waals surface area contributed by atoms with E-state index in [1.807, 2.05) is 5.32 Å². The Labute approximate surface area is 189 Å². The topological polar surface area (TPSA) is 228 Å². The Kier molecular flexibility index (Phi) is 10.9. The van der Waals surface area contributed by atoms with Crippen LogP contribution in [0, 0.1) is 0 Å². The van der Waals surface area contributed by atoms with E-state index < -0.39 is 73.0 Å². The number of nitrogens with two attached hydrogens (primary N) is 1. The van der Waals surface area contributed by atoms with Crippen LogP contribution in [0.1, 0.15) is 18.9 Å². The number of carbonyl (C=O) groups is 5. The van der Waals surface area contributed by atoms with Crippen LogP contribution < -0.4 is 21.7 Å². The van der Waals surface area contributed by atoms with Gasteiger partial charge in [0, 0.05) is 6.42 Å². The van der Waals surface area contributed by atoms with Crippen molar-refractivity contribution >= 4 is 29.7 Å². The van der Waals surface area contributed by atoms with Gasteiger partial charge < -0.3 is 42.1 Å². The van der Waals surface area contributed by atoms with Crippen LogP contribution in [0.5, 0.6) is 0 Å². The molecular formula is C20H28N4O9. The van der Waals surface area contributed by atoms with Gasteiger partial charge in [0.1, 0.15) is 18.1 Å². The minimum Gasteiger partial charge on any atom is -0.481 e. The number of aliphatic hydroxyl groups excluding tert-OH is 2. The summed E-state index contributed by atoms with van der Waals surface area (Å²) in [4.78, 5) is 59.4. The molecule has 0 saturated carbocycles. The number of carbonyl (C=O) groups excluding carboxylic acids is 3. The van der Waals surface area contributed by atoms with Crippen molar-refractivity contribution in [2.24, 2.45) is 5.73 Å². The first-order valence-corrected chi connectivity index (χ1v) is 9.90. The molecule has 0 heterocycles. The first-order valence-electron chi connectivity index (χ1n) is 9.90. The van der Waals surface area contributed by atoms with Gasteiger partial charge in [0.25, 0.3) is 0 Å². The molecule has 3 amide bonds. The van der Waals surface area contributed by atoms with Gasteiger partial charge in [0.05, 0.1) is 25.2 Å². The maximum atomic E-state index is 12.9. The Balaban J connectivity index is 3.05. The van der Waals surface area contributed by atoms with Gasteiger partial charge in [-0.05, 0) is 12.5 Å². The number of benzene rings is 1. The fourth-order valence-corrected chi connectivity index (χ4v) is 2.72. The third-order valence-corrected chi connectivity index (χ3v) is 4.51. The van der Waals surface area contributed by atoms with Crippen LogP contribution in [0.3, 0.4) is 0 Å². The quantitative estimate of drug-likeness (QED) is 0.146. The van der Waals surface area contributed by atoms with E-state index in [0.29, 0.717) is 5.56 Å². The van der Waals surface area contributed by atoms with Gasteiger partial charge in [-0.2, -0.15) is 0 Å². The highest BCUT2D eigenvalue weighted by molar-refractivity contribution is 5.95. The molecule has 1 rings (SSSR count). The summed E-state index contributed by atoms with van der Waals surface area (Å²) < 4.78 is 0. The Bertz CT molecular complexity index is 847. The summed E-state index contributed by atoms with van der Waals surface area (Å²) in [6.07, 6.45) is -2.20. The van der Waals surface area contributed by atoms with Crippen molar-refractivity contribution in [2.45, 2.75) is 50.0 Å². The lowest BCUT2D eigenvalue weighted by molar-refractivity contribution is -0.144. The summed E-state index contributed by atoms with van der Waals surface area (Å²) in [6.45, 7) is 0.252. The van der Waals surface area contributed by atoms with E-state index in [1.165, 1.54) is 6.92 Å². The zero-order chi connectivity index (χ0) is 25.1. The predicted molar refractivity (Wildman–Crippen MR) is 113 cm³/mol. The van der Waals surface area contributed by atoms with E-state index in [4.69, 9.17) is 21.1 Å². The molecule has 0 aliphatic carbocycles. The summed E-state index contributed by atoms with van der Waals surface area (Å²) in [5, 5.41) is 43.3. The number of aliphatic carboxylic acids is 2. The van der Waals surface area contributed by atoms with Crippen molar-refractivity contribution in [2.75, 3.05) is 6.61 Å². The van der Waals surface area contributed by atoms with Crippen LogP contribution in [0.15, 0.2) is 30.3 Å². The van der Waals surface area contributed by atoms with Crippen molar-refractivity contribution < 1.29 is 44.4 Å². The summed E-state index contributed by atoms with van der Waals surface area (Å²) in [6, 6.07) is 2.42. The highest BCUT2D eigenvalue weighted by Gasteiger charge is 2.32. The van der Waals surface area contributed by atoms with Crippen LogP contribution in [0.25, 0.3) is 0 Å². The Morgan fingerprint density at radius 2 is 1.48 bits per heavy atom. The number of carboxylic acids is 2. The molecule has 13 nitrogen and oxygen atoms in total. The van der Waals surface area contributed by atoms with Gasteiger partial charge in [-0.25, -0.2) is 4.79 Å². The molecule has 1 aromatic carbocycles. The molecular weight excluding hydrogens is 440 g/mol. The number of aliphatic hydroxyl groups is 2. The maximum Gasteiger partial charge on any atom is 0.328 e. The third kappa shape index (κ3) is 9.22. The van der Waals surface area contributed by atoms with Gasteiger partial charge in [-0.15, -0.1) is 0 Å². The minimum atomic E-state index is -1.66. The van der Waals surface area contributed by atoms with Crippen LogP contribution in [-0.4, -0.2) is 87.0 Å². The average Bonchev–Trinajstić information content (AvgIpc) is 2.74. The van der Waals surface area contributed by atoms with E-state index in [-0.39, 0.29) is 6.42 Å². The van der Waals surface area contributed by atoms with Gasteiger partial charge in [0.15, 0.2) is 0 Å². The monoisotopic (exact) mass is 468 g/mol. The zero-order valence-electron chi connectivity index (χ0n) is 17.8. The second-order valence-corrected chi connectivity index (χ2v) is 7.26. The van der Waals surface area contributed by atoms with Gasteiger partial charge in [0.2, 0.25) is 17.7 Å². The van der Waals surface area contributed by atoms with Crippen LogP contribution in [0.4, 0.5) is 0 Å². The van der Waals surface area contributed by atoms with Crippen LogP contribution in [-0.2, 0) is 30.4 Å². The molecule has 0 radical (unpaired) electrons. The lowest BCUT2D eigenvalue weighted by Crippen LogP contribution is -2.60. The van der Waals surface area contributed by atoms with Crippen molar-refractivity contribution in [3.8, 4) is 0 Å². The fraction of sp³-hybridized carbons (Fsp3) is 0.450. The van der Waals surface area contributed by atoms with Crippen molar-refractivity contribution in [1.29, 1.82) is 0 Å². The van der Waals surface area contributed by atoms with Gasteiger partial charge >= 0.3 is 11.9 Å². The number of hydrogen-bond acceptors (Lipinski definition) is 8. The van der Waals surface area contributed by atoms with E-state index in [9.17, 15) is 29.1 Å². The number of amides is 3. The van der Waals surface area contributed by atoms with Crippen molar-refractivity contribution in [3.05, 3.63) is 35.9 Å². The molecule has 0 spiro atoms. The standard InChI is InChI=1S/C20H28N4O9/c1-10(26)16(19(31)23-14(9-25)20(32)33)24-18(30)13(7-11-5-3-2-4-6-11)22-17(29)12(21)8-15(27)28/h2-6,10,12-14,16,25-26H,7-9,21H2,1H3,(H,22,29)(H,23,31)(H,24,30)(H,27,28)(H,32,33). The molecule has 0 fully saturated rings. The predicted octanol–water partition coefficient (Wildman–Crippen LogP) is -3.06. The maximum absolute atomic E-state index is 12.9. The normalized spacial score (nSPS) is 15.3. The minimum absolute atomic E-state index is 0.0548. The van der Waals surface area contributed by atoms with Crippen LogP contribution in [0.2, 0.25) is 0 Å². The van der Waals surface area contributed by atoms with Crippen molar-refractivity contribution in [1.82, 2.24) is 16.0 Å². The summed E-state index contributed by atoms with van der Waals surface area (Å²) in [5.74, 6) is -5.75. The Morgan fingerprint density at radius 1 is 0.909 bits per heavy atom. The molecule has 0 bridgehead atoms. The number of rotatable bonds is 13. The summed E-state index contributed by atoms with van der Waals surface area (Å²) in [5.41, 5.74) is 6.17. The highest BCUT2D eigenvalue weighted by Crippen LogP contribution is 2.06.